The number of rotatable bonds is 5. The number of non-ortho nitro benzene ring substituents is 1. The van der Waals surface area contributed by atoms with Crippen molar-refractivity contribution < 1.29 is 18.8 Å². The molecule has 0 unspecified atom stereocenters. The Labute approximate surface area is 173 Å². The van der Waals surface area contributed by atoms with Crippen LogP contribution in [0.1, 0.15) is 26.7 Å². The maximum atomic E-state index is 14.0. The highest BCUT2D eigenvalue weighted by molar-refractivity contribution is 5.88. The molecule has 160 valence electrons. The van der Waals surface area contributed by atoms with Gasteiger partial charge in [-0.15, -0.1) is 0 Å². The standard InChI is InChI=1S/C20H24FN5O4/c1-20(2,22)13-6-9-25(10-7-13)19(27)24-18-12-15(5-8-23-18)30-17-4-3-14(26(28)29)11-16(17)21/h3-5,8,11-13H,6-7,9-10,22H2,1-2H3,(H,23,24,27). The number of likely N-dealkylation sites (tertiary alicyclic amines) is 1. The number of carbonyl (C=O) groups excluding carboxylic acids is 1. The SMILES string of the molecule is CC(C)(N)C1CCN(C(=O)Nc2cc(Oc3ccc([N+](=O)[O-])cc3F)ccn2)CC1. The normalized spacial score (nSPS) is 15.0. The lowest BCUT2D eigenvalue weighted by molar-refractivity contribution is -0.385. The first-order chi connectivity index (χ1) is 14.1. The molecule has 0 aliphatic carbocycles. The molecule has 1 saturated heterocycles. The third kappa shape index (κ3) is 5.20. The van der Waals surface area contributed by atoms with Gasteiger partial charge >= 0.3 is 6.03 Å². The predicted octanol–water partition coefficient (Wildman–Crippen LogP) is 3.90. The number of halogens is 1. The van der Waals surface area contributed by atoms with Crippen molar-refractivity contribution in [2.75, 3.05) is 18.4 Å². The molecular formula is C20H24FN5O4. The van der Waals surface area contributed by atoms with Gasteiger partial charge in [0.2, 0.25) is 0 Å². The monoisotopic (exact) mass is 417 g/mol. The van der Waals surface area contributed by atoms with Gasteiger partial charge in [-0.05, 0) is 44.7 Å². The van der Waals surface area contributed by atoms with Crippen molar-refractivity contribution in [2.24, 2.45) is 11.7 Å². The van der Waals surface area contributed by atoms with Gasteiger partial charge in [0, 0.05) is 37.0 Å². The summed E-state index contributed by atoms with van der Waals surface area (Å²) in [5.41, 5.74) is 5.52. The van der Waals surface area contributed by atoms with E-state index in [0.29, 0.717) is 19.0 Å². The number of anilines is 1. The van der Waals surface area contributed by atoms with Gasteiger partial charge in [0.1, 0.15) is 11.6 Å². The molecule has 30 heavy (non-hydrogen) atoms. The number of nitrogens with two attached hydrogens (primary N) is 1. The van der Waals surface area contributed by atoms with Gasteiger partial charge in [0.05, 0.1) is 11.0 Å². The number of nitro groups is 1. The Bertz CT molecular complexity index is 939. The van der Waals surface area contributed by atoms with Crippen molar-refractivity contribution in [3.63, 3.8) is 0 Å². The Balaban J connectivity index is 1.62. The van der Waals surface area contributed by atoms with Crippen molar-refractivity contribution in [2.45, 2.75) is 32.2 Å². The second-order valence-electron chi connectivity index (χ2n) is 7.86. The first-order valence-corrected chi connectivity index (χ1v) is 9.56. The van der Waals surface area contributed by atoms with Crippen LogP contribution in [0.5, 0.6) is 11.5 Å². The zero-order valence-electron chi connectivity index (χ0n) is 16.8. The number of piperidine rings is 1. The lowest BCUT2D eigenvalue weighted by Crippen LogP contribution is -2.49. The average molecular weight is 417 g/mol. The molecule has 10 heteroatoms. The van der Waals surface area contributed by atoms with Crippen LogP contribution in [-0.4, -0.2) is 39.5 Å². The fourth-order valence-electron chi connectivity index (χ4n) is 3.37. The lowest BCUT2D eigenvalue weighted by atomic mass is 9.81. The second-order valence-corrected chi connectivity index (χ2v) is 7.86. The van der Waals surface area contributed by atoms with Crippen LogP contribution in [0.15, 0.2) is 36.5 Å². The number of aromatic nitrogens is 1. The molecule has 0 radical (unpaired) electrons. The van der Waals surface area contributed by atoms with Gasteiger partial charge in [-0.2, -0.15) is 0 Å². The minimum atomic E-state index is -0.864. The molecule has 3 rings (SSSR count). The predicted molar refractivity (Wildman–Crippen MR) is 109 cm³/mol. The number of ether oxygens (including phenoxy) is 1. The summed E-state index contributed by atoms with van der Waals surface area (Å²) in [5, 5.41) is 13.4. The number of urea groups is 1. The number of amides is 2. The molecule has 3 N–H and O–H groups in total. The molecule has 1 aromatic carbocycles. The fourth-order valence-corrected chi connectivity index (χ4v) is 3.37. The van der Waals surface area contributed by atoms with Crippen molar-refractivity contribution in [1.82, 2.24) is 9.88 Å². The summed E-state index contributed by atoms with van der Waals surface area (Å²) in [7, 11) is 0. The summed E-state index contributed by atoms with van der Waals surface area (Å²) < 4.78 is 19.5. The van der Waals surface area contributed by atoms with E-state index in [1.54, 1.807) is 4.90 Å². The van der Waals surface area contributed by atoms with Gasteiger partial charge < -0.3 is 15.4 Å². The van der Waals surface area contributed by atoms with E-state index in [2.05, 4.69) is 10.3 Å². The Morgan fingerprint density at radius 1 is 1.33 bits per heavy atom. The molecule has 1 fully saturated rings. The zero-order chi connectivity index (χ0) is 21.9. The molecule has 1 aliphatic rings. The Morgan fingerprint density at radius 3 is 2.63 bits per heavy atom. The highest BCUT2D eigenvalue weighted by atomic mass is 19.1. The Morgan fingerprint density at radius 2 is 2.03 bits per heavy atom. The van der Waals surface area contributed by atoms with Crippen molar-refractivity contribution >= 4 is 17.5 Å². The molecule has 2 aromatic rings. The van der Waals surface area contributed by atoms with Gasteiger partial charge in [0.15, 0.2) is 11.6 Å². The number of pyridine rings is 1. The number of nitrogens with one attached hydrogen (secondary N) is 1. The van der Waals surface area contributed by atoms with Crippen molar-refractivity contribution in [3.05, 3.63) is 52.5 Å². The number of benzene rings is 1. The number of nitrogens with zero attached hydrogens (tertiary/aromatic N) is 3. The van der Waals surface area contributed by atoms with Crippen molar-refractivity contribution in [1.29, 1.82) is 0 Å². The van der Waals surface area contributed by atoms with Gasteiger partial charge in [-0.1, -0.05) is 0 Å². The van der Waals surface area contributed by atoms with Crippen LogP contribution >= 0.6 is 0 Å². The highest BCUT2D eigenvalue weighted by Gasteiger charge is 2.30. The maximum absolute atomic E-state index is 14.0. The Kier molecular flexibility index (Phi) is 6.16. The molecule has 0 atom stereocenters. The van der Waals surface area contributed by atoms with Crippen LogP contribution in [0.25, 0.3) is 0 Å². The van der Waals surface area contributed by atoms with Crippen LogP contribution in [0, 0.1) is 21.8 Å². The number of nitro benzene ring substituents is 1. The minimum Gasteiger partial charge on any atom is -0.454 e. The quantitative estimate of drug-likeness (QED) is 0.562. The van der Waals surface area contributed by atoms with E-state index in [9.17, 15) is 19.3 Å². The van der Waals surface area contributed by atoms with E-state index in [1.807, 2.05) is 13.8 Å². The first-order valence-electron chi connectivity index (χ1n) is 9.56. The summed E-state index contributed by atoms with van der Waals surface area (Å²) in [6, 6.07) is 5.77. The second kappa shape index (κ2) is 8.62. The molecular weight excluding hydrogens is 393 g/mol. The third-order valence-corrected chi connectivity index (χ3v) is 5.15. The van der Waals surface area contributed by atoms with Crippen LogP contribution in [0.2, 0.25) is 0 Å². The van der Waals surface area contributed by atoms with E-state index in [-0.39, 0.29) is 34.6 Å². The van der Waals surface area contributed by atoms with Crippen LogP contribution < -0.4 is 15.8 Å². The molecule has 0 saturated carbocycles. The molecule has 0 spiro atoms. The van der Waals surface area contributed by atoms with Gasteiger partial charge in [-0.3, -0.25) is 15.4 Å². The van der Waals surface area contributed by atoms with Gasteiger partial charge in [-0.25, -0.2) is 14.2 Å². The summed E-state index contributed by atoms with van der Waals surface area (Å²) in [5.74, 6) is -0.196. The highest BCUT2D eigenvalue weighted by Crippen LogP contribution is 2.29. The molecule has 1 aromatic heterocycles. The molecule has 1 aliphatic heterocycles. The largest absolute Gasteiger partial charge is 0.454 e. The van der Waals surface area contributed by atoms with Crippen molar-refractivity contribution in [3.8, 4) is 11.5 Å². The first kappa shape index (κ1) is 21.4. The number of hydrogen-bond donors (Lipinski definition) is 2. The molecule has 9 nitrogen and oxygen atoms in total. The molecule has 2 amide bonds. The van der Waals surface area contributed by atoms with Crippen LogP contribution in [0.4, 0.5) is 20.7 Å². The smallest absolute Gasteiger partial charge is 0.323 e. The molecule has 0 bridgehead atoms. The Hall–Kier alpha value is -3.27. The zero-order valence-corrected chi connectivity index (χ0v) is 16.8. The van der Waals surface area contributed by atoms with Crippen LogP contribution in [-0.2, 0) is 0 Å². The summed E-state index contributed by atoms with van der Waals surface area (Å²) in [6.07, 6.45) is 3.07. The van der Waals surface area contributed by atoms with E-state index in [1.165, 1.54) is 24.4 Å². The van der Waals surface area contributed by atoms with Crippen LogP contribution in [0.3, 0.4) is 0 Å². The summed E-state index contributed by atoms with van der Waals surface area (Å²) in [6.45, 7) is 5.19. The van der Waals surface area contributed by atoms with E-state index < -0.39 is 10.7 Å². The summed E-state index contributed by atoms with van der Waals surface area (Å²) >= 11 is 0. The number of hydrogen-bond acceptors (Lipinski definition) is 6. The topological polar surface area (TPSA) is 124 Å². The van der Waals surface area contributed by atoms with E-state index >= 15 is 0 Å². The third-order valence-electron chi connectivity index (χ3n) is 5.15. The maximum Gasteiger partial charge on any atom is 0.323 e. The fraction of sp³-hybridized carbons (Fsp3) is 0.400. The van der Waals surface area contributed by atoms with E-state index in [4.69, 9.17) is 10.5 Å². The van der Waals surface area contributed by atoms with Gasteiger partial charge in [0.25, 0.3) is 5.69 Å². The molecule has 2 heterocycles. The minimum absolute atomic E-state index is 0.171. The van der Waals surface area contributed by atoms with E-state index in [0.717, 1.165) is 25.0 Å². The lowest BCUT2D eigenvalue weighted by Gasteiger charge is -2.38. The summed E-state index contributed by atoms with van der Waals surface area (Å²) in [4.78, 5) is 28.3. The average Bonchev–Trinajstić information content (AvgIpc) is 2.69. The number of carbonyl (C=O) groups is 1.